The van der Waals surface area contributed by atoms with E-state index in [1.807, 2.05) is 0 Å². The number of esters is 1. The average molecular weight is 261 g/mol. The van der Waals surface area contributed by atoms with E-state index in [9.17, 15) is 14.7 Å². The Morgan fingerprint density at radius 2 is 2.12 bits per heavy atom. The summed E-state index contributed by atoms with van der Waals surface area (Å²) in [4.78, 5) is 22.2. The van der Waals surface area contributed by atoms with Gasteiger partial charge in [0.15, 0.2) is 0 Å². The number of hydrogen-bond acceptors (Lipinski definition) is 5. The molecule has 0 saturated heterocycles. The summed E-state index contributed by atoms with van der Waals surface area (Å²) < 4.78 is 4.48. The van der Waals surface area contributed by atoms with Crippen molar-refractivity contribution in [3.05, 3.63) is 18.2 Å². The molecule has 0 aliphatic rings. The second-order valence-electron chi connectivity index (χ2n) is 2.95. The molecular weight excluding hydrogens is 248 g/mol. The molecule has 6 nitrogen and oxygen atoms in total. The summed E-state index contributed by atoms with van der Waals surface area (Å²) in [6, 6.07) is 4.12. The van der Waals surface area contributed by atoms with Crippen molar-refractivity contribution in [2.24, 2.45) is 0 Å². The Bertz CT molecular complexity index is 423. The molecule has 1 rings (SSSR count). The first-order valence-corrected chi connectivity index (χ1v) is 4.61. The third kappa shape index (κ3) is 4.20. The highest BCUT2D eigenvalue weighted by molar-refractivity contribution is 6.37. The van der Waals surface area contributed by atoms with Crippen LogP contribution in [0.4, 0.5) is 11.4 Å². The van der Waals surface area contributed by atoms with Crippen molar-refractivity contribution in [2.75, 3.05) is 17.7 Å². The number of nitrogens with two attached hydrogens (primary N) is 1. The molecule has 0 bridgehead atoms. The molecule has 94 valence electrons. The number of hydrogen-bond donors (Lipinski definition) is 3. The number of ether oxygens (including phenoxy) is 1. The second kappa shape index (κ2) is 6.59. The third-order valence-corrected chi connectivity index (χ3v) is 1.73. The molecule has 1 aromatic rings. The van der Waals surface area contributed by atoms with E-state index in [-0.39, 0.29) is 30.5 Å². The highest BCUT2D eigenvalue weighted by atomic mass is 35.5. The van der Waals surface area contributed by atoms with Crippen LogP contribution in [0, 0.1) is 0 Å². The van der Waals surface area contributed by atoms with Crippen LogP contribution in [-0.2, 0) is 14.3 Å². The Balaban J connectivity index is 0.00000256. The second-order valence-corrected chi connectivity index (χ2v) is 2.95. The number of amides is 1. The number of aromatic hydroxyl groups is 1. The first-order valence-electron chi connectivity index (χ1n) is 4.61. The molecule has 0 aromatic heterocycles. The van der Waals surface area contributed by atoms with Gasteiger partial charge in [0.2, 0.25) is 0 Å². The van der Waals surface area contributed by atoms with Gasteiger partial charge >= 0.3 is 11.9 Å². The lowest BCUT2D eigenvalue weighted by atomic mass is 10.2. The van der Waals surface area contributed by atoms with Crippen molar-refractivity contribution in [1.29, 1.82) is 0 Å². The van der Waals surface area contributed by atoms with Crippen molar-refractivity contribution in [3.63, 3.8) is 0 Å². The standard InChI is InChI=1S/C10H12N2O4.ClH/c1-2-16-10(15)9(14)12-7-5-6(11)3-4-8(7)13;/h3-5,13H,2,11H2,1H3,(H,12,14);1H. The SMILES string of the molecule is CCOC(=O)C(=O)Nc1cc(N)ccc1O.Cl. The largest absolute Gasteiger partial charge is 0.506 e. The summed E-state index contributed by atoms with van der Waals surface area (Å²) in [5.74, 6) is -2.14. The summed E-state index contributed by atoms with van der Waals surface area (Å²) in [5.41, 5.74) is 5.89. The van der Waals surface area contributed by atoms with Gasteiger partial charge in [-0.05, 0) is 25.1 Å². The zero-order chi connectivity index (χ0) is 12.1. The summed E-state index contributed by atoms with van der Waals surface area (Å²) in [6.07, 6.45) is 0. The maximum Gasteiger partial charge on any atom is 0.397 e. The maximum atomic E-state index is 11.2. The molecule has 0 saturated carbocycles. The van der Waals surface area contributed by atoms with Crippen molar-refractivity contribution < 1.29 is 19.4 Å². The number of halogens is 1. The molecule has 0 aliphatic heterocycles. The number of carbonyl (C=O) groups is 2. The molecule has 0 heterocycles. The average Bonchev–Trinajstić information content (AvgIpc) is 2.23. The van der Waals surface area contributed by atoms with Crippen molar-refractivity contribution in [1.82, 2.24) is 0 Å². The van der Waals surface area contributed by atoms with Crippen molar-refractivity contribution in [3.8, 4) is 5.75 Å². The molecular formula is C10H13ClN2O4. The van der Waals surface area contributed by atoms with Crippen LogP contribution < -0.4 is 11.1 Å². The lowest BCUT2D eigenvalue weighted by molar-refractivity contribution is -0.152. The van der Waals surface area contributed by atoms with Gasteiger partial charge in [0.1, 0.15) is 5.75 Å². The van der Waals surface area contributed by atoms with Gasteiger partial charge in [-0.15, -0.1) is 12.4 Å². The fourth-order valence-corrected chi connectivity index (χ4v) is 1.02. The number of benzene rings is 1. The summed E-state index contributed by atoms with van der Waals surface area (Å²) >= 11 is 0. The number of anilines is 2. The fourth-order valence-electron chi connectivity index (χ4n) is 1.02. The monoisotopic (exact) mass is 260 g/mol. The van der Waals surface area contributed by atoms with Crippen LogP contribution in [-0.4, -0.2) is 23.6 Å². The number of rotatable bonds is 2. The topological polar surface area (TPSA) is 102 Å². The zero-order valence-corrected chi connectivity index (χ0v) is 9.91. The minimum Gasteiger partial charge on any atom is -0.506 e. The smallest absolute Gasteiger partial charge is 0.397 e. The van der Waals surface area contributed by atoms with E-state index in [0.717, 1.165) is 0 Å². The van der Waals surface area contributed by atoms with Crippen LogP contribution in [0.5, 0.6) is 5.75 Å². The molecule has 1 amide bonds. The molecule has 7 heteroatoms. The molecule has 0 radical (unpaired) electrons. The summed E-state index contributed by atoms with van der Waals surface area (Å²) in [6.45, 7) is 1.69. The molecule has 0 fully saturated rings. The van der Waals surface area contributed by atoms with E-state index in [1.165, 1.54) is 18.2 Å². The molecule has 4 N–H and O–H groups in total. The predicted octanol–water partition coefficient (Wildman–Crippen LogP) is 0.898. The maximum absolute atomic E-state index is 11.2. The van der Waals surface area contributed by atoms with Crippen LogP contribution in [0.3, 0.4) is 0 Å². The Morgan fingerprint density at radius 3 is 2.71 bits per heavy atom. The first-order chi connectivity index (χ1) is 7.54. The van der Waals surface area contributed by atoms with E-state index >= 15 is 0 Å². The molecule has 0 atom stereocenters. The fraction of sp³-hybridized carbons (Fsp3) is 0.200. The zero-order valence-electron chi connectivity index (χ0n) is 9.10. The van der Waals surface area contributed by atoms with Crippen LogP contribution in [0.15, 0.2) is 18.2 Å². The molecule has 1 aromatic carbocycles. The number of carbonyl (C=O) groups excluding carboxylic acids is 2. The van der Waals surface area contributed by atoms with Crippen LogP contribution >= 0.6 is 12.4 Å². The van der Waals surface area contributed by atoms with E-state index in [4.69, 9.17) is 5.73 Å². The highest BCUT2D eigenvalue weighted by Crippen LogP contribution is 2.24. The lowest BCUT2D eigenvalue weighted by Crippen LogP contribution is -2.25. The van der Waals surface area contributed by atoms with Gasteiger partial charge in [-0.1, -0.05) is 0 Å². The molecule has 0 unspecified atom stereocenters. The van der Waals surface area contributed by atoms with Gasteiger partial charge in [-0.3, -0.25) is 4.79 Å². The van der Waals surface area contributed by atoms with Crippen LogP contribution in [0.25, 0.3) is 0 Å². The van der Waals surface area contributed by atoms with Gasteiger partial charge in [0, 0.05) is 5.69 Å². The van der Waals surface area contributed by atoms with Gasteiger partial charge in [0.05, 0.1) is 12.3 Å². The normalized spacial score (nSPS) is 9.00. The Labute approximate surface area is 104 Å². The van der Waals surface area contributed by atoms with E-state index in [0.29, 0.717) is 5.69 Å². The van der Waals surface area contributed by atoms with Gasteiger partial charge < -0.3 is 20.9 Å². The van der Waals surface area contributed by atoms with Crippen LogP contribution in [0.2, 0.25) is 0 Å². The van der Waals surface area contributed by atoms with Crippen molar-refractivity contribution in [2.45, 2.75) is 6.92 Å². The Hall–Kier alpha value is -1.95. The van der Waals surface area contributed by atoms with Crippen LogP contribution in [0.1, 0.15) is 6.92 Å². The van der Waals surface area contributed by atoms with E-state index in [2.05, 4.69) is 10.1 Å². The number of nitrogens with one attached hydrogen (secondary N) is 1. The minimum atomic E-state index is -1.01. The summed E-state index contributed by atoms with van der Waals surface area (Å²) in [7, 11) is 0. The Kier molecular flexibility index (Phi) is 5.84. The van der Waals surface area contributed by atoms with Gasteiger partial charge in [0.25, 0.3) is 0 Å². The Morgan fingerprint density at radius 1 is 1.47 bits per heavy atom. The first kappa shape index (κ1) is 15.0. The van der Waals surface area contributed by atoms with E-state index < -0.39 is 11.9 Å². The summed E-state index contributed by atoms with van der Waals surface area (Å²) in [5, 5.41) is 11.6. The van der Waals surface area contributed by atoms with E-state index in [1.54, 1.807) is 6.92 Å². The van der Waals surface area contributed by atoms with Crippen molar-refractivity contribution >= 4 is 35.7 Å². The lowest BCUT2D eigenvalue weighted by Gasteiger charge is -2.07. The quantitative estimate of drug-likeness (QED) is 0.241. The van der Waals surface area contributed by atoms with Gasteiger partial charge in [-0.2, -0.15) is 0 Å². The third-order valence-electron chi connectivity index (χ3n) is 1.73. The minimum absolute atomic E-state index is 0. The highest BCUT2D eigenvalue weighted by Gasteiger charge is 2.16. The number of phenolic OH excluding ortho intramolecular Hbond substituents is 1. The number of nitrogen functional groups attached to an aromatic ring is 1. The predicted molar refractivity (Wildman–Crippen MR) is 65.0 cm³/mol. The molecule has 0 spiro atoms. The van der Waals surface area contributed by atoms with Gasteiger partial charge in [-0.25, -0.2) is 4.79 Å². The molecule has 0 aliphatic carbocycles. The number of phenols is 1. The molecule has 17 heavy (non-hydrogen) atoms.